The summed E-state index contributed by atoms with van der Waals surface area (Å²) in [5, 5.41) is 23.3. The van der Waals surface area contributed by atoms with E-state index in [1.807, 2.05) is 34.5 Å². The number of rotatable bonds is 13. The molecule has 1 fully saturated rings. The summed E-state index contributed by atoms with van der Waals surface area (Å²) in [6, 6.07) is 10.6. The average Bonchev–Trinajstić information content (AvgIpc) is 3.85. The SMILES string of the molecule is COc1ccc(Cn2nnnc2/C=C/c2c(N3CCCC(CC(=O)NCCNC(=O)[N+](C)(C)C)C3)nc3cc(C(=O)Nc4nc(C(C)(C)C)cs4)ccn3c2=O)cc1. The van der Waals surface area contributed by atoms with Crippen LogP contribution in [0.5, 0.6) is 5.75 Å². The monoisotopic (exact) mass is 811 g/mol. The lowest BCUT2D eigenvalue weighted by Crippen LogP contribution is -2.49. The van der Waals surface area contributed by atoms with Gasteiger partial charge in [0.1, 0.15) is 17.2 Å². The molecule has 0 spiro atoms. The number of benzene rings is 1. The number of hydrogen-bond donors (Lipinski definition) is 3. The van der Waals surface area contributed by atoms with Crippen LogP contribution in [0.2, 0.25) is 0 Å². The summed E-state index contributed by atoms with van der Waals surface area (Å²) in [4.78, 5) is 64.6. The number of anilines is 2. The first-order chi connectivity index (χ1) is 27.6. The summed E-state index contributed by atoms with van der Waals surface area (Å²) in [7, 11) is 6.94. The van der Waals surface area contributed by atoms with E-state index in [1.54, 1.807) is 63.4 Å². The van der Waals surface area contributed by atoms with Gasteiger partial charge in [-0.1, -0.05) is 32.9 Å². The molecule has 1 saturated heterocycles. The Bertz CT molecular complexity index is 2350. The fourth-order valence-corrected chi connectivity index (χ4v) is 7.32. The van der Waals surface area contributed by atoms with Crippen LogP contribution in [0.25, 0.3) is 17.8 Å². The van der Waals surface area contributed by atoms with Crippen LogP contribution < -0.4 is 31.1 Å². The third kappa shape index (κ3) is 10.3. The van der Waals surface area contributed by atoms with Crippen LogP contribution in [0.4, 0.5) is 15.7 Å². The minimum absolute atomic E-state index is 0.0168. The molecule has 1 aromatic carbocycles. The van der Waals surface area contributed by atoms with Crippen molar-refractivity contribution in [2.75, 3.05) is 64.6 Å². The minimum Gasteiger partial charge on any atom is -0.497 e. The molecular weight excluding hydrogens is 761 g/mol. The Hall–Kier alpha value is -6.01. The fraction of sp³-hybridized carbons (Fsp3) is 0.425. The van der Waals surface area contributed by atoms with Gasteiger partial charge >= 0.3 is 6.03 Å². The molecule has 0 saturated carbocycles. The van der Waals surface area contributed by atoms with Gasteiger partial charge in [0.2, 0.25) is 5.91 Å². The Morgan fingerprint density at radius 3 is 2.50 bits per heavy atom. The highest BCUT2D eigenvalue weighted by Crippen LogP contribution is 2.29. The second-order valence-electron chi connectivity index (χ2n) is 16.2. The van der Waals surface area contributed by atoms with Gasteiger partial charge in [-0.15, -0.1) is 16.4 Å². The van der Waals surface area contributed by atoms with E-state index in [0.717, 1.165) is 29.8 Å². The van der Waals surface area contributed by atoms with Crippen molar-refractivity contribution >= 4 is 57.9 Å². The Morgan fingerprint density at radius 2 is 1.79 bits per heavy atom. The maximum absolute atomic E-state index is 14.3. The third-order valence-corrected chi connectivity index (χ3v) is 10.4. The number of aromatic nitrogens is 7. The number of methoxy groups -OCH3 is 1. The molecule has 5 heterocycles. The number of ether oxygens (including phenoxy) is 1. The van der Waals surface area contributed by atoms with Gasteiger partial charge in [0, 0.05) is 55.2 Å². The lowest BCUT2D eigenvalue weighted by atomic mass is 9.93. The third-order valence-electron chi connectivity index (χ3n) is 9.68. The molecule has 58 heavy (non-hydrogen) atoms. The molecule has 3 N–H and O–H groups in total. The highest BCUT2D eigenvalue weighted by atomic mass is 32.1. The quantitative estimate of drug-likeness (QED) is 0.115. The number of tetrazole rings is 1. The van der Waals surface area contributed by atoms with E-state index in [1.165, 1.54) is 15.7 Å². The number of nitrogens with one attached hydrogen (secondary N) is 3. The lowest BCUT2D eigenvalue weighted by Gasteiger charge is -2.34. The van der Waals surface area contributed by atoms with Crippen LogP contribution in [-0.2, 0) is 16.8 Å². The van der Waals surface area contributed by atoms with Gasteiger partial charge in [0.05, 0.1) is 46.1 Å². The van der Waals surface area contributed by atoms with Gasteiger partial charge in [-0.25, -0.2) is 23.9 Å². The predicted molar refractivity (Wildman–Crippen MR) is 223 cm³/mol. The first kappa shape index (κ1) is 41.6. The summed E-state index contributed by atoms with van der Waals surface area (Å²) in [6.07, 6.45) is 6.77. The maximum atomic E-state index is 14.3. The van der Waals surface area contributed by atoms with Gasteiger partial charge < -0.3 is 20.3 Å². The number of fused-ring (bicyclic) bond motifs is 1. The minimum atomic E-state index is -0.373. The topological polar surface area (TPSA) is 191 Å². The van der Waals surface area contributed by atoms with E-state index >= 15 is 0 Å². The van der Waals surface area contributed by atoms with Crippen molar-refractivity contribution in [2.24, 2.45) is 5.92 Å². The Kier molecular flexibility index (Phi) is 12.7. The van der Waals surface area contributed by atoms with Crippen LogP contribution >= 0.6 is 11.3 Å². The number of thiazole rings is 1. The van der Waals surface area contributed by atoms with Crippen LogP contribution in [0.15, 0.2) is 52.8 Å². The first-order valence-corrected chi connectivity index (χ1v) is 20.0. The molecule has 4 aromatic heterocycles. The van der Waals surface area contributed by atoms with E-state index < -0.39 is 0 Å². The van der Waals surface area contributed by atoms with E-state index in [2.05, 4.69) is 57.2 Å². The van der Waals surface area contributed by atoms with Crippen molar-refractivity contribution in [3.8, 4) is 5.75 Å². The smallest absolute Gasteiger partial charge is 0.416 e. The van der Waals surface area contributed by atoms with Crippen LogP contribution in [0.1, 0.15) is 73.0 Å². The van der Waals surface area contributed by atoms with Gasteiger partial charge in [-0.05, 0) is 71.2 Å². The van der Waals surface area contributed by atoms with Crippen molar-refractivity contribution in [2.45, 2.75) is 52.0 Å². The number of nitrogens with zero attached hydrogens (tertiary/aromatic N) is 9. The molecule has 1 unspecified atom stereocenters. The van der Waals surface area contributed by atoms with E-state index in [4.69, 9.17) is 9.72 Å². The number of amides is 4. The largest absolute Gasteiger partial charge is 0.497 e. The zero-order chi connectivity index (χ0) is 41.6. The molecule has 1 atom stereocenters. The van der Waals surface area contributed by atoms with Crippen LogP contribution in [-0.4, -0.2) is 111 Å². The van der Waals surface area contributed by atoms with Gasteiger partial charge in [-0.2, -0.15) is 0 Å². The van der Waals surface area contributed by atoms with Crippen molar-refractivity contribution in [3.63, 3.8) is 0 Å². The van der Waals surface area contributed by atoms with E-state index in [0.29, 0.717) is 66.3 Å². The number of urea groups is 1. The number of pyridine rings is 1. The number of carbonyl (C=O) groups excluding carboxylic acids is 3. The lowest BCUT2D eigenvalue weighted by molar-refractivity contribution is -0.787. The summed E-state index contributed by atoms with van der Waals surface area (Å²) in [6.45, 7) is 8.28. The zero-order valence-corrected chi connectivity index (χ0v) is 34.8. The predicted octanol–water partition coefficient (Wildman–Crippen LogP) is 4.05. The van der Waals surface area contributed by atoms with Crippen molar-refractivity contribution in [3.05, 3.63) is 86.5 Å². The van der Waals surface area contributed by atoms with Crippen molar-refractivity contribution in [1.29, 1.82) is 0 Å². The van der Waals surface area contributed by atoms with Crippen molar-refractivity contribution < 1.29 is 23.6 Å². The van der Waals surface area contributed by atoms with Gasteiger partial charge in [0.25, 0.3) is 11.5 Å². The fourth-order valence-electron chi connectivity index (χ4n) is 6.39. The first-order valence-electron chi connectivity index (χ1n) is 19.1. The summed E-state index contributed by atoms with van der Waals surface area (Å²) < 4.78 is 8.45. The Balaban J connectivity index is 1.27. The molecule has 5 aromatic rings. The number of hydrogen-bond acceptors (Lipinski definition) is 12. The second kappa shape index (κ2) is 17.6. The molecule has 18 heteroatoms. The average molecular weight is 812 g/mol. The molecule has 1 aliphatic heterocycles. The molecule has 1 aliphatic rings. The number of quaternary nitrogens is 1. The molecular formula is C40H51N12O5S+. The van der Waals surface area contributed by atoms with Crippen LogP contribution in [0.3, 0.4) is 0 Å². The van der Waals surface area contributed by atoms with Gasteiger partial charge in [-0.3, -0.25) is 24.1 Å². The van der Waals surface area contributed by atoms with E-state index in [-0.39, 0.29) is 45.6 Å². The number of carbonyl (C=O) groups is 3. The molecule has 0 bridgehead atoms. The zero-order valence-electron chi connectivity index (χ0n) is 34.0. The summed E-state index contributed by atoms with van der Waals surface area (Å²) in [5.74, 6) is 1.09. The molecule has 0 aliphatic carbocycles. The number of piperidine rings is 1. The summed E-state index contributed by atoms with van der Waals surface area (Å²) in [5.41, 5.74) is 2.24. The highest BCUT2D eigenvalue weighted by Gasteiger charge is 2.27. The molecule has 4 amide bonds. The highest BCUT2D eigenvalue weighted by molar-refractivity contribution is 7.14. The van der Waals surface area contributed by atoms with Crippen molar-refractivity contribution in [1.82, 2.24) is 45.2 Å². The van der Waals surface area contributed by atoms with Gasteiger partial charge in [0.15, 0.2) is 11.0 Å². The Labute approximate surface area is 340 Å². The maximum Gasteiger partial charge on any atom is 0.416 e. The molecule has 0 radical (unpaired) electrons. The second-order valence-corrected chi connectivity index (χ2v) is 17.0. The van der Waals surface area contributed by atoms with E-state index in [9.17, 15) is 19.2 Å². The molecule has 6 rings (SSSR count). The summed E-state index contributed by atoms with van der Waals surface area (Å²) >= 11 is 1.35. The molecule has 17 nitrogen and oxygen atoms in total. The standard InChI is InChI=1S/C40H50N12O5S/c1-40(2,3)31-25-58-38(43-31)45-36(54)28-16-20-50-33(22-28)44-35(49-19-8-9-27(23-49)21-34(53)41-17-18-42-39(56)52(4,5)6)30(37(50)55)14-15-32-46-47-48-51(32)24-26-10-12-29(57-7)13-11-26/h10-16,20,22,25,27H,8-9,17-19,21,23-24H2,1-7H3,(H2-,41,42,43,45,53,54,56)/p+1/b15-14+. The van der Waals surface area contributed by atoms with Crippen LogP contribution in [0, 0.1) is 5.92 Å². The Morgan fingerprint density at radius 1 is 1.03 bits per heavy atom. The molecule has 306 valence electrons. The normalized spacial score (nSPS) is 14.8.